The minimum absolute atomic E-state index is 0.0647. The second-order valence-corrected chi connectivity index (χ2v) is 5.53. The van der Waals surface area contributed by atoms with Crippen molar-refractivity contribution in [2.75, 3.05) is 0 Å². The fourth-order valence-corrected chi connectivity index (χ4v) is 2.39. The zero-order valence-electron chi connectivity index (χ0n) is 14.1. The molecule has 1 heterocycles. The van der Waals surface area contributed by atoms with Crippen LogP contribution < -0.4 is 0 Å². The molecule has 0 N–H and O–H groups in total. The third-order valence-electron chi connectivity index (χ3n) is 3.52. The van der Waals surface area contributed by atoms with Crippen molar-refractivity contribution in [1.82, 2.24) is 9.78 Å². The molecule has 2 rings (SSSR count). The molecule has 0 bridgehead atoms. The van der Waals surface area contributed by atoms with Crippen LogP contribution in [0.25, 0.3) is 16.1 Å². The van der Waals surface area contributed by atoms with Crippen LogP contribution in [0.2, 0.25) is 0 Å². The summed E-state index contributed by atoms with van der Waals surface area (Å²) < 4.78 is 46.3. The van der Waals surface area contributed by atoms with Crippen molar-refractivity contribution < 1.29 is 22.7 Å². The molecular formula is C16H16F3N5O2. The lowest BCUT2D eigenvalue weighted by Crippen LogP contribution is -2.20. The summed E-state index contributed by atoms with van der Waals surface area (Å²) in [4.78, 5) is 14.7. The van der Waals surface area contributed by atoms with E-state index >= 15 is 0 Å². The second kappa shape index (κ2) is 7.92. The van der Waals surface area contributed by atoms with Crippen molar-refractivity contribution in [2.45, 2.75) is 39.0 Å². The number of alkyl halides is 3. The molecule has 0 aliphatic carbocycles. The van der Waals surface area contributed by atoms with Crippen molar-refractivity contribution in [3.8, 4) is 5.69 Å². The zero-order valence-corrected chi connectivity index (χ0v) is 14.1. The van der Waals surface area contributed by atoms with Gasteiger partial charge in [0.1, 0.15) is 5.56 Å². The Morgan fingerprint density at radius 1 is 1.38 bits per heavy atom. The molecule has 1 aromatic heterocycles. The average Bonchev–Trinajstić information content (AvgIpc) is 3.01. The molecule has 1 unspecified atom stereocenters. The number of ether oxygens (including phenoxy) is 1. The fourth-order valence-electron chi connectivity index (χ4n) is 2.39. The van der Waals surface area contributed by atoms with Crippen LogP contribution in [0.15, 0.2) is 35.6 Å². The van der Waals surface area contributed by atoms with Gasteiger partial charge in [0.15, 0.2) is 5.69 Å². The summed E-state index contributed by atoms with van der Waals surface area (Å²) in [6.07, 6.45) is -3.20. The van der Waals surface area contributed by atoms with Gasteiger partial charge in [0.05, 0.1) is 18.0 Å². The number of esters is 1. The molecule has 0 radical (unpaired) electrons. The molecule has 7 nitrogen and oxygen atoms in total. The fraction of sp³-hybridized carbons (Fsp3) is 0.375. The standard InChI is InChI=1S/C16H16F3N5O2/c1-3-4-10(2)26-15(25)13-9-21-24(14(13)16(17,18)19)12-7-5-11(6-8-12)22-23-20/h5-10H,3-4H2,1-2H3. The number of hydrogen-bond donors (Lipinski definition) is 0. The molecule has 2 aromatic rings. The number of hydrogen-bond acceptors (Lipinski definition) is 4. The van der Waals surface area contributed by atoms with E-state index in [2.05, 4.69) is 15.1 Å². The number of azide groups is 1. The molecule has 138 valence electrons. The lowest BCUT2D eigenvalue weighted by molar-refractivity contribution is -0.143. The Balaban J connectivity index is 2.44. The summed E-state index contributed by atoms with van der Waals surface area (Å²) in [6.45, 7) is 3.50. The highest BCUT2D eigenvalue weighted by atomic mass is 19.4. The molecule has 10 heteroatoms. The van der Waals surface area contributed by atoms with Crippen molar-refractivity contribution in [1.29, 1.82) is 0 Å². The van der Waals surface area contributed by atoms with Crippen molar-refractivity contribution in [3.05, 3.63) is 52.2 Å². The minimum atomic E-state index is -4.82. The van der Waals surface area contributed by atoms with Gasteiger partial charge in [-0.15, -0.1) is 0 Å². The van der Waals surface area contributed by atoms with Crippen molar-refractivity contribution in [2.24, 2.45) is 5.11 Å². The predicted molar refractivity (Wildman–Crippen MR) is 87.2 cm³/mol. The minimum Gasteiger partial charge on any atom is -0.459 e. The SMILES string of the molecule is CCCC(C)OC(=O)c1cnn(-c2ccc(N=[N+]=[N-])cc2)c1C(F)(F)F. The normalized spacial score (nSPS) is 12.3. The Hall–Kier alpha value is -3.00. The number of benzene rings is 1. The van der Waals surface area contributed by atoms with Crippen LogP contribution in [0.5, 0.6) is 0 Å². The summed E-state index contributed by atoms with van der Waals surface area (Å²) in [5.41, 5.74) is 6.80. The maximum atomic E-state index is 13.5. The molecule has 0 saturated carbocycles. The van der Waals surface area contributed by atoms with Gasteiger partial charge in [0.2, 0.25) is 0 Å². The molecule has 0 saturated heterocycles. The summed E-state index contributed by atoms with van der Waals surface area (Å²) in [5, 5.41) is 7.05. The highest BCUT2D eigenvalue weighted by Crippen LogP contribution is 2.34. The first-order chi connectivity index (χ1) is 12.3. The molecular weight excluding hydrogens is 351 g/mol. The van der Waals surface area contributed by atoms with Gasteiger partial charge in [0.25, 0.3) is 0 Å². The quantitative estimate of drug-likeness (QED) is 0.305. The van der Waals surface area contributed by atoms with Gasteiger partial charge in [-0.25, -0.2) is 9.48 Å². The van der Waals surface area contributed by atoms with E-state index in [4.69, 9.17) is 10.3 Å². The van der Waals surface area contributed by atoms with Crippen LogP contribution in [0.3, 0.4) is 0 Å². The van der Waals surface area contributed by atoms with Gasteiger partial charge in [-0.1, -0.05) is 30.6 Å². The zero-order chi connectivity index (χ0) is 19.3. The first kappa shape index (κ1) is 19.3. The van der Waals surface area contributed by atoms with E-state index in [9.17, 15) is 18.0 Å². The molecule has 0 aliphatic heterocycles. The Morgan fingerprint density at radius 2 is 2.04 bits per heavy atom. The van der Waals surface area contributed by atoms with E-state index in [1.165, 1.54) is 24.3 Å². The lowest BCUT2D eigenvalue weighted by Gasteiger charge is -2.15. The smallest absolute Gasteiger partial charge is 0.434 e. The summed E-state index contributed by atoms with van der Waals surface area (Å²) in [7, 11) is 0. The third kappa shape index (κ3) is 4.34. The molecule has 0 spiro atoms. The molecule has 0 aliphatic rings. The van der Waals surface area contributed by atoms with Gasteiger partial charge >= 0.3 is 12.1 Å². The first-order valence-corrected chi connectivity index (χ1v) is 7.79. The van der Waals surface area contributed by atoms with Crippen LogP contribution in [0.4, 0.5) is 18.9 Å². The highest BCUT2D eigenvalue weighted by molar-refractivity contribution is 5.91. The van der Waals surface area contributed by atoms with Crippen molar-refractivity contribution >= 4 is 11.7 Å². The summed E-state index contributed by atoms with van der Waals surface area (Å²) >= 11 is 0. The summed E-state index contributed by atoms with van der Waals surface area (Å²) in [5.74, 6) is -1.07. The average molecular weight is 367 g/mol. The number of halogens is 3. The number of carbonyl (C=O) groups excluding carboxylic acids is 1. The van der Waals surface area contributed by atoms with Crippen LogP contribution >= 0.6 is 0 Å². The second-order valence-electron chi connectivity index (χ2n) is 5.53. The lowest BCUT2D eigenvalue weighted by atomic mass is 10.2. The topological polar surface area (TPSA) is 92.9 Å². The van der Waals surface area contributed by atoms with E-state index in [1.54, 1.807) is 6.92 Å². The predicted octanol–water partition coefficient (Wildman–Crippen LogP) is 5.18. The van der Waals surface area contributed by atoms with E-state index in [-0.39, 0.29) is 11.4 Å². The van der Waals surface area contributed by atoms with Gasteiger partial charge in [0, 0.05) is 10.6 Å². The van der Waals surface area contributed by atoms with Crippen LogP contribution in [-0.4, -0.2) is 21.9 Å². The van der Waals surface area contributed by atoms with Crippen LogP contribution in [-0.2, 0) is 10.9 Å². The van der Waals surface area contributed by atoms with E-state index < -0.39 is 29.5 Å². The number of carbonyl (C=O) groups is 1. The van der Waals surface area contributed by atoms with E-state index in [0.717, 1.165) is 12.6 Å². The van der Waals surface area contributed by atoms with Gasteiger partial charge in [-0.05, 0) is 31.0 Å². The highest BCUT2D eigenvalue weighted by Gasteiger charge is 2.41. The largest absolute Gasteiger partial charge is 0.459 e. The summed E-state index contributed by atoms with van der Waals surface area (Å²) in [6, 6.07) is 5.30. The molecule has 1 atom stereocenters. The number of nitrogens with zero attached hydrogens (tertiary/aromatic N) is 5. The van der Waals surface area contributed by atoms with E-state index in [0.29, 0.717) is 11.1 Å². The first-order valence-electron chi connectivity index (χ1n) is 7.79. The third-order valence-corrected chi connectivity index (χ3v) is 3.52. The molecule has 1 aromatic carbocycles. The molecule has 0 fully saturated rings. The Morgan fingerprint density at radius 3 is 2.58 bits per heavy atom. The van der Waals surface area contributed by atoms with Crippen LogP contribution in [0, 0.1) is 0 Å². The monoisotopic (exact) mass is 367 g/mol. The van der Waals surface area contributed by atoms with Gasteiger partial charge in [-0.2, -0.15) is 18.3 Å². The van der Waals surface area contributed by atoms with Gasteiger partial charge in [-0.3, -0.25) is 0 Å². The Bertz CT molecular complexity index is 823. The van der Waals surface area contributed by atoms with Crippen LogP contribution in [0.1, 0.15) is 42.7 Å². The molecule has 0 amide bonds. The Labute approximate surface area is 147 Å². The van der Waals surface area contributed by atoms with Gasteiger partial charge < -0.3 is 4.74 Å². The number of rotatable bonds is 6. The van der Waals surface area contributed by atoms with E-state index in [1.807, 2.05) is 6.92 Å². The maximum Gasteiger partial charge on any atom is 0.434 e. The number of aromatic nitrogens is 2. The molecule has 26 heavy (non-hydrogen) atoms. The van der Waals surface area contributed by atoms with Crippen molar-refractivity contribution in [3.63, 3.8) is 0 Å². The Kier molecular flexibility index (Phi) is 5.89. The maximum absolute atomic E-state index is 13.5.